The van der Waals surface area contributed by atoms with Crippen LogP contribution in [0.1, 0.15) is 19.4 Å². The summed E-state index contributed by atoms with van der Waals surface area (Å²) in [6.45, 7) is 6.19. The smallest absolute Gasteiger partial charge is 0.0726 e. The molecule has 2 nitrogen and oxygen atoms in total. The monoisotopic (exact) mass is 361 g/mol. The molecule has 1 aliphatic heterocycles. The maximum atomic E-state index is 5.78. The zero-order chi connectivity index (χ0) is 12.4. The number of hydrogen-bond acceptors (Lipinski definition) is 2. The standard InChI is InChI=1S/C13H17Br2NO/c1-9-7-16(8-10(2)17-9)13-5-12(15)4-3-11(13)6-14/h3-5,9-10H,6-8H2,1-2H3/t9-,10+. The maximum absolute atomic E-state index is 5.78. The number of benzene rings is 1. The Labute approximate surface area is 120 Å². The zero-order valence-corrected chi connectivity index (χ0v) is 13.3. The van der Waals surface area contributed by atoms with Crippen molar-refractivity contribution in [3.8, 4) is 0 Å². The fraction of sp³-hybridized carbons (Fsp3) is 0.538. The number of anilines is 1. The number of alkyl halides is 1. The lowest BCUT2D eigenvalue weighted by Crippen LogP contribution is -2.45. The molecule has 1 aromatic rings. The summed E-state index contributed by atoms with van der Waals surface area (Å²) in [6, 6.07) is 6.45. The second-order valence-corrected chi connectivity index (χ2v) is 6.05. The molecule has 0 unspecified atom stereocenters. The van der Waals surface area contributed by atoms with E-state index in [1.54, 1.807) is 0 Å². The van der Waals surface area contributed by atoms with Gasteiger partial charge in [0.1, 0.15) is 0 Å². The first-order chi connectivity index (χ1) is 8.10. The van der Waals surface area contributed by atoms with Crippen molar-refractivity contribution in [3.63, 3.8) is 0 Å². The van der Waals surface area contributed by atoms with Crippen LogP contribution in [-0.4, -0.2) is 25.3 Å². The molecule has 17 heavy (non-hydrogen) atoms. The van der Waals surface area contributed by atoms with E-state index in [1.807, 2.05) is 0 Å². The molecule has 1 aliphatic rings. The van der Waals surface area contributed by atoms with Crippen molar-refractivity contribution < 1.29 is 4.74 Å². The summed E-state index contributed by atoms with van der Waals surface area (Å²) in [7, 11) is 0. The van der Waals surface area contributed by atoms with Crippen molar-refractivity contribution in [2.45, 2.75) is 31.4 Å². The molecule has 0 radical (unpaired) electrons. The van der Waals surface area contributed by atoms with E-state index in [2.05, 4.69) is 68.8 Å². The van der Waals surface area contributed by atoms with Crippen molar-refractivity contribution in [2.24, 2.45) is 0 Å². The first kappa shape index (κ1) is 13.4. The normalized spacial score (nSPS) is 25.1. The van der Waals surface area contributed by atoms with Crippen LogP contribution in [0.25, 0.3) is 0 Å². The van der Waals surface area contributed by atoms with Gasteiger partial charge in [0.2, 0.25) is 0 Å². The molecule has 1 fully saturated rings. The largest absolute Gasteiger partial charge is 0.372 e. The molecule has 94 valence electrons. The fourth-order valence-electron chi connectivity index (χ4n) is 2.32. The van der Waals surface area contributed by atoms with Crippen molar-refractivity contribution in [1.82, 2.24) is 0 Å². The van der Waals surface area contributed by atoms with E-state index in [0.29, 0.717) is 12.2 Å². The lowest BCUT2D eigenvalue weighted by atomic mass is 10.1. The maximum Gasteiger partial charge on any atom is 0.0726 e. The highest BCUT2D eigenvalue weighted by Crippen LogP contribution is 2.29. The summed E-state index contributed by atoms with van der Waals surface area (Å²) in [5.41, 5.74) is 2.63. The summed E-state index contributed by atoms with van der Waals surface area (Å²) in [4.78, 5) is 2.42. The van der Waals surface area contributed by atoms with Crippen LogP contribution < -0.4 is 4.90 Å². The second-order valence-electron chi connectivity index (χ2n) is 4.57. The van der Waals surface area contributed by atoms with E-state index >= 15 is 0 Å². The minimum absolute atomic E-state index is 0.293. The molecular formula is C13H17Br2NO. The second kappa shape index (κ2) is 5.72. The van der Waals surface area contributed by atoms with Crippen LogP contribution in [0.3, 0.4) is 0 Å². The van der Waals surface area contributed by atoms with E-state index in [4.69, 9.17) is 4.74 Å². The molecule has 0 aliphatic carbocycles. The summed E-state index contributed by atoms with van der Waals surface area (Å²) < 4.78 is 6.91. The molecule has 0 spiro atoms. The first-order valence-electron chi connectivity index (χ1n) is 5.85. The molecule has 1 heterocycles. The third-order valence-electron chi connectivity index (χ3n) is 2.95. The lowest BCUT2D eigenvalue weighted by Gasteiger charge is -2.37. The summed E-state index contributed by atoms with van der Waals surface area (Å²) >= 11 is 7.11. The molecule has 0 bridgehead atoms. The van der Waals surface area contributed by atoms with Crippen molar-refractivity contribution in [1.29, 1.82) is 0 Å². The molecule has 1 saturated heterocycles. The molecule has 0 aromatic heterocycles. The fourth-order valence-corrected chi connectivity index (χ4v) is 3.14. The number of rotatable bonds is 2. The molecule has 0 amide bonds. The Morgan fingerprint density at radius 2 is 1.94 bits per heavy atom. The first-order valence-corrected chi connectivity index (χ1v) is 7.76. The zero-order valence-electron chi connectivity index (χ0n) is 10.1. The minimum Gasteiger partial charge on any atom is -0.372 e. The van der Waals surface area contributed by atoms with Gasteiger partial charge < -0.3 is 9.64 Å². The van der Waals surface area contributed by atoms with Crippen LogP contribution in [0.2, 0.25) is 0 Å². The Morgan fingerprint density at radius 1 is 1.29 bits per heavy atom. The molecule has 4 heteroatoms. The van der Waals surface area contributed by atoms with Gasteiger partial charge >= 0.3 is 0 Å². The van der Waals surface area contributed by atoms with Gasteiger partial charge in [-0.15, -0.1) is 0 Å². The average molecular weight is 363 g/mol. The number of hydrogen-bond donors (Lipinski definition) is 0. The quantitative estimate of drug-likeness (QED) is 0.738. The average Bonchev–Trinajstić information content (AvgIpc) is 2.27. The Bertz CT molecular complexity index is 387. The van der Waals surface area contributed by atoms with Gasteiger partial charge in [0.15, 0.2) is 0 Å². The van der Waals surface area contributed by atoms with Gasteiger partial charge in [-0.3, -0.25) is 0 Å². The minimum atomic E-state index is 0.293. The molecule has 2 rings (SSSR count). The van der Waals surface area contributed by atoms with E-state index in [-0.39, 0.29) is 0 Å². The summed E-state index contributed by atoms with van der Waals surface area (Å²) in [5, 5.41) is 0.885. The number of morpholine rings is 1. The highest BCUT2D eigenvalue weighted by Gasteiger charge is 2.23. The highest BCUT2D eigenvalue weighted by atomic mass is 79.9. The van der Waals surface area contributed by atoms with Gasteiger partial charge in [0, 0.05) is 28.6 Å². The Morgan fingerprint density at radius 3 is 2.53 bits per heavy atom. The van der Waals surface area contributed by atoms with Crippen LogP contribution in [0.15, 0.2) is 22.7 Å². The lowest BCUT2D eigenvalue weighted by molar-refractivity contribution is -0.00525. The van der Waals surface area contributed by atoms with Gasteiger partial charge in [-0.05, 0) is 31.5 Å². The predicted octanol–water partition coefficient (Wildman–Crippen LogP) is 3.96. The Balaban J connectivity index is 2.28. The van der Waals surface area contributed by atoms with E-state index in [0.717, 1.165) is 22.9 Å². The van der Waals surface area contributed by atoms with Crippen LogP contribution in [0, 0.1) is 0 Å². The topological polar surface area (TPSA) is 12.5 Å². The van der Waals surface area contributed by atoms with E-state index in [1.165, 1.54) is 11.3 Å². The SMILES string of the molecule is C[C@@H]1CN(c2cc(Br)ccc2CBr)C[C@H](C)O1. The van der Waals surface area contributed by atoms with E-state index in [9.17, 15) is 0 Å². The third-order valence-corrected chi connectivity index (χ3v) is 4.05. The van der Waals surface area contributed by atoms with Crippen molar-refractivity contribution in [3.05, 3.63) is 28.2 Å². The number of halogens is 2. The van der Waals surface area contributed by atoms with E-state index < -0.39 is 0 Å². The van der Waals surface area contributed by atoms with Crippen molar-refractivity contribution in [2.75, 3.05) is 18.0 Å². The number of ether oxygens (including phenoxy) is 1. The van der Waals surface area contributed by atoms with Gasteiger partial charge in [-0.2, -0.15) is 0 Å². The molecule has 1 aromatic carbocycles. The van der Waals surface area contributed by atoms with Gasteiger partial charge in [-0.25, -0.2) is 0 Å². The van der Waals surface area contributed by atoms with Crippen LogP contribution in [0.4, 0.5) is 5.69 Å². The summed E-state index contributed by atoms with van der Waals surface area (Å²) in [5.74, 6) is 0. The summed E-state index contributed by atoms with van der Waals surface area (Å²) in [6.07, 6.45) is 0.585. The molecule has 0 saturated carbocycles. The highest BCUT2D eigenvalue weighted by molar-refractivity contribution is 9.10. The van der Waals surface area contributed by atoms with Gasteiger partial charge in [-0.1, -0.05) is 37.9 Å². The predicted molar refractivity (Wildman–Crippen MR) is 79.0 cm³/mol. The Kier molecular flexibility index (Phi) is 4.50. The third kappa shape index (κ3) is 3.24. The molecule has 2 atom stereocenters. The van der Waals surface area contributed by atoms with Crippen molar-refractivity contribution >= 4 is 37.5 Å². The van der Waals surface area contributed by atoms with Crippen LogP contribution in [0.5, 0.6) is 0 Å². The Hall–Kier alpha value is -0.0600. The number of nitrogens with zero attached hydrogens (tertiary/aromatic N) is 1. The van der Waals surface area contributed by atoms with Crippen LogP contribution >= 0.6 is 31.9 Å². The molecule has 0 N–H and O–H groups in total. The van der Waals surface area contributed by atoms with Crippen LogP contribution in [-0.2, 0) is 10.1 Å². The van der Waals surface area contributed by atoms with Gasteiger partial charge in [0.25, 0.3) is 0 Å². The molecular weight excluding hydrogens is 346 g/mol. The van der Waals surface area contributed by atoms with Gasteiger partial charge in [0.05, 0.1) is 12.2 Å².